The van der Waals surface area contributed by atoms with Crippen LogP contribution < -0.4 is 12.4 Å². The summed E-state index contributed by atoms with van der Waals surface area (Å²) in [5.41, 5.74) is 0. The lowest BCUT2D eigenvalue weighted by molar-refractivity contribution is -0.867. The second-order valence-electron chi connectivity index (χ2n) is 8.57. The van der Waals surface area contributed by atoms with Gasteiger partial charge in [-0.15, -0.1) is 0 Å². The largest absolute Gasteiger partial charge is 1.00 e. The maximum atomic E-state index is 11.8. The van der Waals surface area contributed by atoms with Gasteiger partial charge in [-0.05, 0) is 32.1 Å². The van der Waals surface area contributed by atoms with Gasteiger partial charge in [0.05, 0.1) is 33.4 Å². The fourth-order valence-electron chi connectivity index (χ4n) is 2.85. The predicted octanol–water partition coefficient (Wildman–Crippen LogP) is 3.99. The van der Waals surface area contributed by atoms with Crippen molar-refractivity contribution < 1.29 is 21.7 Å². The molecular weight excluding hydrogens is 374 g/mol. The highest BCUT2D eigenvalue weighted by Crippen LogP contribution is 2.13. The Morgan fingerprint density at radius 2 is 1.26 bits per heavy atom. The van der Waals surface area contributed by atoms with Crippen LogP contribution in [0.2, 0.25) is 0 Å². The highest BCUT2D eigenvalue weighted by atomic mass is 35.5. The zero-order valence-corrected chi connectivity index (χ0v) is 20.2. The number of allylic oxidation sites excluding steroid dienone is 2. The van der Waals surface area contributed by atoms with Crippen LogP contribution in [0.4, 0.5) is 0 Å². The van der Waals surface area contributed by atoms with E-state index in [0.717, 1.165) is 29.6 Å². The van der Waals surface area contributed by atoms with Crippen LogP contribution in [0.3, 0.4) is 0 Å². The van der Waals surface area contributed by atoms with E-state index in [1.807, 2.05) is 0 Å². The second kappa shape index (κ2) is 20.7. The number of rotatable bonds is 18. The van der Waals surface area contributed by atoms with Gasteiger partial charge in [0.15, 0.2) is 5.12 Å². The Bertz CT molecular complexity index is 353. The van der Waals surface area contributed by atoms with E-state index in [1.54, 1.807) is 0 Å². The van der Waals surface area contributed by atoms with Gasteiger partial charge in [0.1, 0.15) is 0 Å². The predicted molar refractivity (Wildman–Crippen MR) is 120 cm³/mol. The standard InChI is InChI=1S/C23H46NOS.ClH/c1-5-6-7-8-9-10-11-12-13-14-15-16-17-18-19-20-23(25)26-22-21-24(2,3)4;/h12-13H,5-11,14-22H2,1-4H3;1H/q+1;/p-1/b13-12-;. The molecule has 2 nitrogen and oxygen atoms in total. The molecule has 0 bridgehead atoms. The Kier molecular flexibility index (Phi) is 22.4. The molecule has 0 atom stereocenters. The van der Waals surface area contributed by atoms with E-state index >= 15 is 0 Å². The average molecular weight is 420 g/mol. The molecule has 0 aromatic rings. The Morgan fingerprint density at radius 1 is 0.778 bits per heavy atom. The minimum absolute atomic E-state index is 0. The van der Waals surface area contributed by atoms with Crippen LogP contribution in [0, 0.1) is 0 Å². The quantitative estimate of drug-likeness (QED) is 0.190. The summed E-state index contributed by atoms with van der Waals surface area (Å²) >= 11 is 1.53. The van der Waals surface area contributed by atoms with Gasteiger partial charge in [0, 0.05) is 6.42 Å². The lowest BCUT2D eigenvalue weighted by atomic mass is 10.1. The Morgan fingerprint density at radius 3 is 1.78 bits per heavy atom. The van der Waals surface area contributed by atoms with Crippen LogP contribution in [0.5, 0.6) is 0 Å². The SMILES string of the molecule is CCCCCCCC/C=C\CCCCCCCC(=O)SCC[N+](C)(C)C.[Cl-]. The number of hydrogen-bond donors (Lipinski definition) is 0. The molecule has 0 aliphatic rings. The van der Waals surface area contributed by atoms with Crippen LogP contribution in [-0.4, -0.2) is 43.0 Å². The van der Waals surface area contributed by atoms with Crippen LogP contribution in [0.15, 0.2) is 12.2 Å². The normalized spacial score (nSPS) is 11.7. The van der Waals surface area contributed by atoms with Crippen molar-refractivity contribution in [2.75, 3.05) is 33.4 Å². The van der Waals surface area contributed by atoms with E-state index in [0.29, 0.717) is 5.12 Å². The van der Waals surface area contributed by atoms with Crippen molar-refractivity contribution in [2.24, 2.45) is 0 Å². The summed E-state index contributed by atoms with van der Waals surface area (Å²) in [6, 6.07) is 0. The first-order valence-corrected chi connectivity index (χ1v) is 12.1. The molecule has 4 heteroatoms. The number of carbonyl (C=O) groups is 1. The van der Waals surface area contributed by atoms with E-state index in [-0.39, 0.29) is 12.4 Å². The second-order valence-corrected chi connectivity index (χ2v) is 9.72. The molecule has 0 aromatic carbocycles. The van der Waals surface area contributed by atoms with Crippen LogP contribution in [0.25, 0.3) is 0 Å². The topological polar surface area (TPSA) is 17.1 Å². The van der Waals surface area contributed by atoms with Gasteiger partial charge in [0.2, 0.25) is 0 Å². The van der Waals surface area contributed by atoms with Gasteiger partial charge in [-0.1, -0.05) is 82.2 Å². The molecule has 0 aliphatic carbocycles. The third kappa shape index (κ3) is 26.0. The minimum atomic E-state index is 0. The zero-order valence-electron chi connectivity index (χ0n) is 18.6. The summed E-state index contributed by atoms with van der Waals surface area (Å²) in [5, 5.41) is 0.385. The average Bonchev–Trinajstić information content (AvgIpc) is 2.57. The van der Waals surface area contributed by atoms with Crippen molar-refractivity contribution in [1.29, 1.82) is 0 Å². The summed E-state index contributed by atoms with van der Waals surface area (Å²) in [4.78, 5) is 11.8. The van der Waals surface area contributed by atoms with Crippen LogP contribution >= 0.6 is 11.8 Å². The number of carbonyl (C=O) groups excluding carboxylic acids is 1. The molecule has 0 spiro atoms. The number of halogens is 1. The van der Waals surface area contributed by atoms with Gasteiger partial charge >= 0.3 is 0 Å². The molecule has 0 aromatic heterocycles. The molecule has 0 saturated carbocycles. The molecule has 27 heavy (non-hydrogen) atoms. The first kappa shape index (κ1) is 29.2. The summed E-state index contributed by atoms with van der Waals surface area (Å²) in [6.45, 7) is 3.33. The van der Waals surface area contributed by atoms with Gasteiger partial charge in [-0.2, -0.15) is 0 Å². The van der Waals surface area contributed by atoms with Crippen LogP contribution in [0.1, 0.15) is 96.8 Å². The number of unbranched alkanes of at least 4 members (excludes halogenated alkanes) is 11. The van der Waals surface area contributed by atoms with Gasteiger partial charge in [0.25, 0.3) is 0 Å². The lowest BCUT2D eigenvalue weighted by Crippen LogP contribution is -3.00. The van der Waals surface area contributed by atoms with Crippen molar-refractivity contribution in [3.63, 3.8) is 0 Å². The van der Waals surface area contributed by atoms with E-state index in [2.05, 4.69) is 40.2 Å². The first-order chi connectivity index (χ1) is 12.5. The van der Waals surface area contributed by atoms with E-state index in [1.165, 1.54) is 88.8 Å². The molecule has 0 heterocycles. The molecule has 0 saturated heterocycles. The maximum absolute atomic E-state index is 11.8. The first-order valence-electron chi connectivity index (χ1n) is 11.1. The summed E-state index contributed by atoms with van der Waals surface area (Å²) in [6.07, 6.45) is 22.5. The number of nitrogens with zero attached hydrogens (tertiary/aromatic N) is 1. The molecule has 0 aliphatic heterocycles. The Hall–Kier alpha value is 0.01000. The van der Waals surface area contributed by atoms with Gasteiger partial charge in [-0.3, -0.25) is 4.79 Å². The number of hydrogen-bond acceptors (Lipinski definition) is 2. The fraction of sp³-hybridized carbons (Fsp3) is 0.870. The highest BCUT2D eigenvalue weighted by molar-refractivity contribution is 8.13. The van der Waals surface area contributed by atoms with E-state index < -0.39 is 0 Å². The maximum Gasteiger partial charge on any atom is 0.189 e. The molecule has 162 valence electrons. The van der Waals surface area contributed by atoms with E-state index in [4.69, 9.17) is 0 Å². The lowest BCUT2D eigenvalue weighted by Gasteiger charge is -2.23. The fourth-order valence-corrected chi connectivity index (χ4v) is 4.00. The van der Waals surface area contributed by atoms with Crippen molar-refractivity contribution in [2.45, 2.75) is 96.8 Å². The Balaban J connectivity index is 0. The molecule has 0 rings (SSSR count). The summed E-state index contributed by atoms with van der Waals surface area (Å²) in [7, 11) is 6.53. The van der Waals surface area contributed by atoms with Crippen molar-refractivity contribution in [3.05, 3.63) is 12.2 Å². The third-order valence-electron chi connectivity index (χ3n) is 4.67. The molecule has 0 N–H and O–H groups in total. The molecule has 0 amide bonds. The van der Waals surface area contributed by atoms with Crippen molar-refractivity contribution in [3.8, 4) is 0 Å². The smallest absolute Gasteiger partial charge is 0.189 e. The van der Waals surface area contributed by atoms with Crippen molar-refractivity contribution in [1.82, 2.24) is 0 Å². The molecule has 0 unspecified atom stereocenters. The summed E-state index contributed by atoms with van der Waals surface area (Å²) in [5.74, 6) is 0.952. The van der Waals surface area contributed by atoms with Gasteiger partial charge < -0.3 is 16.9 Å². The Labute approximate surface area is 180 Å². The van der Waals surface area contributed by atoms with Gasteiger partial charge in [-0.25, -0.2) is 0 Å². The zero-order chi connectivity index (χ0) is 19.5. The minimum Gasteiger partial charge on any atom is -1.00 e. The molecule has 0 radical (unpaired) electrons. The monoisotopic (exact) mass is 419 g/mol. The third-order valence-corrected chi connectivity index (χ3v) is 5.58. The molecule has 0 fully saturated rings. The van der Waals surface area contributed by atoms with Crippen LogP contribution in [-0.2, 0) is 4.79 Å². The highest BCUT2D eigenvalue weighted by Gasteiger charge is 2.09. The molecular formula is C23H46ClNOS. The van der Waals surface area contributed by atoms with E-state index in [9.17, 15) is 4.79 Å². The number of thioether (sulfide) groups is 1. The summed E-state index contributed by atoms with van der Waals surface area (Å²) < 4.78 is 0.938. The van der Waals surface area contributed by atoms with Crippen molar-refractivity contribution >= 4 is 16.9 Å². The number of quaternary nitrogens is 1.